The van der Waals surface area contributed by atoms with Crippen molar-refractivity contribution in [2.75, 3.05) is 66.1 Å². The Morgan fingerprint density at radius 2 is 1.63 bits per heavy atom. The van der Waals surface area contributed by atoms with Gasteiger partial charge in [0.25, 0.3) is 0 Å². The fourth-order valence-electron chi connectivity index (χ4n) is 5.81. The average molecular weight is 553 g/mol. The highest BCUT2D eigenvalue weighted by Crippen LogP contribution is 2.32. The highest BCUT2D eigenvalue weighted by atomic mass is 32.2. The van der Waals surface area contributed by atoms with Crippen LogP contribution in [0.15, 0.2) is 17.0 Å². The molecule has 0 spiro atoms. The fraction of sp³-hybridized carbons (Fsp3) is 0.750. The Morgan fingerprint density at radius 1 is 1.03 bits per heavy atom. The summed E-state index contributed by atoms with van der Waals surface area (Å²) in [6.45, 7) is 18.4. The molecular weight excluding hydrogens is 504 g/mol. The largest absolute Gasteiger partial charge is 0.497 e. The first-order valence-corrected chi connectivity index (χ1v) is 15.4. The summed E-state index contributed by atoms with van der Waals surface area (Å²) in [6, 6.07) is 4.28. The molecule has 1 aromatic rings. The van der Waals surface area contributed by atoms with E-state index in [1.807, 2.05) is 4.90 Å². The number of hydrogen-bond acceptors (Lipinski definition) is 7. The van der Waals surface area contributed by atoms with E-state index in [0.717, 1.165) is 39.0 Å². The molecule has 2 heterocycles. The Labute approximate surface area is 230 Å². The lowest BCUT2D eigenvalue weighted by Gasteiger charge is -2.37. The van der Waals surface area contributed by atoms with Crippen molar-refractivity contribution in [3.8, 4) is 5.75 Å². The Morgan fingerprint density at radius 3 is 2.18 bits per heavy atom. The molecule has 2 fully saturated rings. The van der Waals surface area contributed by atoms with E-state index in [9.17, 15) is 13.2 Å². The third-order valence-corrected chi connectivity index (χ3v) is 10.1. The number of rotatable bonds is 12. The molecule has 1 aromatic carbocycles. The molecule has 216 valence electrons. The number of ether oxygens (including phenoxy) is 2. The molecule has 0 bridgehead atoms. The lowest BCUT2D eigenvalue weighted by molar-refractivity contribution is -0.138. The maximum absolute atomic E-state index is 13.6. The predicted octanol–water partition coefficient (Wildman–Crippen LogP) is 2.74. The topological polar surface area (TPSA) is 82.6 Å². The van der Waals surface area contributed by atoms with Crippen LogP contribution in [0.2, 0.25) is 0 Å². The smallest absolute Gasteiger partial charge is 0.248 e. The summed E-state index contributed by atoms with van der Waals surface area (Å²) >= 11 is 0. The molecule has 0 aromatic heterocycles. The zero-order chi connectivity index (χ0) is 28.0. The molecule has 1 unspecified atom stereocenters. The number of sulfonamides is 1. The van der Waals surface area contributed by atoms with E-state index in [2.05, 4.69) is 37.5 Å². The number of carbonyl (C=O) groups is 1. The van der Waals surface area contributed by atoms with Gasteiger partial charge in [-0.15, -0.1) is 0 Å². The average Bonchev–Trinajstić information content (AvgIpc) is 3.33. The molecule has 0 radical (unpaired) electrons. The van der Waals surface area contributed by atoms with Gasteiger partial charge in [0.05, 0.1) is 18.6 Å². The second-order valence-corrected chi connectivity index (χ2v) is 13.0. The molecule has 2 aliphatic heterocycles. The predicted molar refractivity (Wildman–Crippen MR) is 150 cm³/mol. The zero-order valence-corrected chi connectivity index (χ0v) is 25.2. The molecule has 0 saturated carbocycles. The summed E-state index contributed by atoms with van der Waals surface area (Å²) in [5, 5.41) is 0. The van der Waals surface area contributed by atoms with Gasteiger partial charge in [-0.3, -0.25) is 14.6 Å². The van der Waals surface area contributed by atoms with Gasteiger partial charge in [0.2, 0.25) is 15.9 Å². The van der Waals surface area contributed by atoms with Crippen molar-refractivity contribution in [1.29, 1.82) is 0 Å². The molecule has 0 aliphatic carbocycles. The minimum absolute atomic E-state index is 0.0144. The normalized spacial score (nSPS) is 19.7. The number of aryl methyl sites for hydroxylation is 2. The second kappa shape index (κ2) is 13.6. The summed E-state index contributed by atoms with van der Waals surface area (Å²) < 4.78 is 39.8. The monoisotopic (exact) mass is 552 g/mol. The number of carbonyl (C=O) groups excluding carboxylic acids is 1. The van der Waals surface area contributed by atoms with Crippen molar-refractivity contribution in [3.05, 3.63) is 23.3 Å². The summed E-state index contributed by atoms with van der Waals surface area (Å²) in [7, 11) is -2.11. The molecular formula is C28H48N4O5S. The minimum atomic E-state index is -3.68. The van der Waals surface area contributed by atoms with Gasteiger partial charge in [0.1, 0.15) is 12.4 Å². The second-order valence-electron chi connectivity index (χ2n) is 11.2. The van der Waals surface area contributed by atoms with Crippen molar-refractivity contribution in [3.63, 3.8) is 0 Å². The number of methoxy groups -OCH3 is 1. The number of amides is 1. The molecule has 2 saturated heterocycles. The van der Waals surface area contributed by atoms with Crippen LogP contribution in [0.4, 0.5) is 0 Å². The van der Waals surface area contributed by atoms with E-state index in [4.69, 9.17) is 9.47 Å². The van der Waals surface area contributed by atoms with Gasteiger partial charge in [-0.25, -0.2) is 8.42 Å². The highest BCUT2D eigenvalue weighted by Gasteiger charge is 2.37. The van der Waals surface area contributed by atoms with Crippen molar-refractivity contribution < 1.29 is 22.7 Å². The number of piperazine rings is 1. The lowest BCUT2D eigenvalue weighted by Crippen LogP contribution is -2.52. The van der Waals surface area contributed by atoms with Crippen LogP contribution in [-0.2, 0) is 19.6 Å². The van der Waals surface area contributed by atoms with Gasteiger partial charge in [-0.2, -0.15) is 4.31 Å². The van der Waals surface area contributed by atoms with E-state index >= 15 is 0 Å². The maximum atomic E-state index is 13.6. The maximum Gasteiger partial charge on any atom is 0.248 e. The van der Waals surface area contributed by atoms with Crippen molar-refractivity contribution in [2.24, 2.45) is 0 Å². The van der Waals surface area contributed by atoms with Crippen LogP contribution < -0.4 is 4.74 Å². The summed E-state index contributed by atoms with van der Waals surface area (Å²) in [4.78, 5) is 19.9. The number of hydrogen-bond donors (Lipinski definition) is 0. The Kier molecular flexibility index (Phi) is 11.0. The molecule has 38 heavy (non-hydrogen) atoms. The van der Waals surface area contributed by atoms with Crippen LogP contribution in [0.1, 0.15) is 51.7 Å². The van der Waals surface area contributed by atoms with Crippen molar-refractivity contribution >= 4 is 15.9 Å². The van der Waals surface area contributed by atoms with Gasteiger partial charge >= 0.3 is 0 Å². The number of nitrogens with zero attached hydrogens (tertiary/aromatic N) is 4. The van der Waals surface area contributed by atoms with Crippen LogP contribution in [0.25, 0.3) is 0 Å². The first-order valence-electron chi connectivity index (χ1n) is 14.0. The zero-order valence-electron chi connectivity index (χ0n) is 24.4. The molecule has 9 nitrogen and oxygen atoms in total. The van der Waals surface area contributed by atoms with E-state index in [1.165, 1.54) is 0 Å². The first-order chi connectivity index (χ1) is 17.9. The van der Waals surface area contributed by atoms with Crippen molar-refractivity contribution in [1.82, 2.24) is 19.0 Å². The highest BCUT2D eigenvalue weighted by molar-refractivity contribution is 7.89. The van der Waals surface area contributed by atoms with Crippen molar-refractivity contribution in [2.45, 2.75) is 77.4 Å². The van der Waals surface area contributed by atoms with E-state index in [1.54, 1.807) is 37.4 Å². The first kappa shape index (κ1) is 30.8. The fourth-order valence-corrected chi connectivity index (χ4v) is 7.90. The van der Waals surface area contributed by atoms with Gasteiger partial charge in [-0.05, 0) is 77.6 Å². The quantitative estimate of drug-likeness (QED) is 0.394. The Bertz CT molecular complexity index is 1010. The molecule has 0 N–H and O–H groups in total. The Hall–Kier alpha value is -1.72. The van der Waals surface area contributed by atoms with Crippen LogP contribution in [0, 0.1) is 13.8 Å². The lowest BCUT2D eigenvalue weighted by atomic mass is 10.1. The van der Waals surface area contributed by atoms with Crippen LogP contribution >= 0.6 is 0 Å². The van der Waals surface area contributed by atoms with Gasteiger partial charge in [0.15, 0.2) is 0 Å². The molecule has 2 aliphatic rings. The van der Waals surface area contributed by atoms with Gasteiger partial charge in [0, 0.05) is 63.9 Å². The SMILES string of the molecule is COc1cc(C)c(S(=O)(=O)N2CCCC2COCC(=O)N2CCN(CCN(C(C)C)C(C)C)CC2)c(C)c1. The Balaban J connectivity index is 1.48. The van der Waals surface area contributed by atoms with Crippen LogP contribution in [0.3, 0.4) is 0 Å². The van der Waals surface area contributed by atoms with Gasteiger partial charge in [-0.1, -0.05) is 0 Å². The van der Waals surface area contributed by atoms with E-state index < -0.39 is 10.0 Å². The van der Waals surface area contributed by atoms with Crippen LogP contribution in [-0.4, -0.2) is 118 Å². The molecule has 3 rings (SSSR count). The minimum Gasteiger partial charge on any atom is -0.497 e. The number of benzene rings is 1. The molecule has 1 atom stereocenters. The third kappa shape index (κ3) is 7.47. The van der Waals surface area contributed by atoms with Crippen LogP contribution in [0.5, 0.6) is 5.75 Å². The van der Waals surface area contributed by atoms with E-state index in [-0.39, 0.29) is 25.2 Å². The summed E-state index contributed by atoms with van der Waals surface area (Å²) in [5.41, 5.74) is 1.34. The standard InChI is InChI=1S/C28H48N4O5S/c1-21(2)31(22(3)4)16-13-29-11-14-30(15-12-29)27(33)20-37-19-25-9-8-10-32(25)38(34,35)28-23(5)17-26(36-7)18-24(28)6/h17-18,21-22,25H,8-16,19-20H2,1-7H3. The van der Waals surface area contributed by atoms with E-state index in [0.29, 0.717) is 53.5 Å². The summed E-state index contributed by atoms with van der Waals surface area (Å²) in [6.07, 6.45) is 1.51. The molecule has 1 amide bonds. The molecule has 10 heteroatoms. The third-order valence-electron chi connectivity index (χ3n) is 7.82. The summed E-state index contributed by atoms with van der Waals surface area (Å²) in [5.74, 6) is 0.623. The van der Waals surface area contributed by atoms with Gasteiger partial charge < -0.3 is 14.4 Å².